The molecule has 2 rings (SSSR count). The fourth-order valence-corrected chi connectivity index (χ4v) is 2.10. The number of nitrogens with zero attached hydrogens (tertiary/aromatic N) is 1. The summed E-state index contributed by atoms with van der Waals surface area (Å²) in [4.78, 5) is 13.6. The van der Waals surface area contributed by atoms with Gasteiger partial charge in [-0.05, 0) is 32.4 Å². The van der Waals surface area contributed by atoms with E-state index in [0.717, 1.165) is 19.5 Å². The van der Waals surface area contributed by atoms with Crippen LogP contribution >= 0.6 is 0 Å². The van der Waals surface area contributed by atoms with Gasteiger partial charge < -0.3 is 10.2 Å². The second-order valence-corrected chi connectivity index (χ2v) is 3.78. The van der Waals surface area contributed by atoms with Gasteiger partial charge in [-0.3, -0.25) is 4.79 Å². The van der Waals surface area contributed by atoms with Gasteiger partial charge in [0.25, 0.3) is 0 Å². The van der Waals surface area contributed by atoms with Crippen LogP contribution in [-0.2, 0) is 4.79 Å². The molecule has 0 spiro atoms. The number of carbonyl (C=O) groups excluding carboxylic acids is 1. The molecular formula is C9H16N2O. The van der Waals surface area contributed by atoms with Crippen LogP contribution in [-0.4, -0.2) is 37.0 Å². The van der Waals surface area contributed by atoms with Gasteiger partial charge in [-0.2, -0.15) is 0 Å². The molecule has 0 aromatic rings. The summed E-state index contributed by atoms with van der Waals surface area (Å²) < 4.78 is 0. The van der Waals surface area contributed by atoms with E-state index in [0.29, 0.717) is 0 Å². The first-order valence-corrected chi connectivity index (χ1v) is 4.86. The number of rotatable bonds is 2. The molecule has 2 saturated heterocycles. The van der Waals surface area contributed by atoms with E-state index in [1.165, 1.54) is 25.9 Å². The predicted octanol–water partition coefficient (Wildman–Crippen LogP) is 0.218. The Kier molecular flexibility index (Phi) is 2.30. The Labute approximate surface area is 73.1 Å². The molecule has 0 aromatic heterocycles. The van der Waals surface area contributed by atoms with Crippen molar-refractivity contribution in [1.82, 2.24) is 10.2 Å². The Balaban J connectivity index is 1.81. The minimum atomic E-state index is 0.266. The maximum absolute atomic E-state index is 11.2. The number of carbonyl (C=O) groups is 1. The van der Waals surface area contributed by atoms with Crippen LogP contribution in [0.2, 0.25) is 0 Å². The average molecular weight is 168 g/mol. The zero-order valence-corrected chi connectivity index (χ0v) is 7.38. The molecule has 68 valence electrons. The second-order valence-electron chi connectivity index (χ2n) is 3.78. The summed E-state index contributed by atoms with van der Waals surface area (Å²) >= 11 is 0. The number of hydrogen-bond donors (Lipinski definition) is 1. The van der Waals surface area contributed by atoms with Crippen molar-refractivity contribution in [3.63, 3.8) is 0 Å². The van der Waals surface area contributed by atoms with Crippen molar-refractivity contribution in [3.05, 3.63) is 0 Å². The molecule has 0 aliphatic carbocycles. The van der Waals surface area contributed by atoms with Crippen molar-refractivity contribution in [2.75, 3.05) is 26.2 Å². The Bertz CT molecular complexity index is 175. The second kappa shape index (κ2) is 3.44. The van der Waals surface area contributed by atoms with Gasteiger partial charge in [0.15, 0.2) is 0 Å². The molecule has 0 radical (unpaired) electrons. The fraction of sp³-hybridized carbons (Fsp3) is 0.889. The van der Waals surface area contributed by atoms with Crippen LogP contribution in [0.4, 0.5) is 0 Å². The van der Waals surface area contributed by atoms with Crippen LogP contribution in [0.3, 0.4) is 0 Å². The Morgan fingerprint density at radius 2 is 2.17 bits per heavy atom. The highest BCUT2D eigenvalue weighted by atomic mass is 16.2. The molecular weight excluding hydrogens is 152 g/mol. The summed E-state index contributed by atoms with van der Waals surface area (Å²) in [7, 11) is 0. The highest BCUT2D eigenvalue weighted by molar-refractivity contribution is 5.80. The van der Waals surface area contributed by atoms with Crippen LogP contribution in [0, 0.1) is 5.92 Å². The molecule has 2 heterocycles. The SMILES string of the molecule is O=C1NCCC1CN1CCCC1. The topological polar surface area (TPSA) is 32.3 Å². The third-order valence-electron chi connectivity index (χ3n) is 2.84. The van der Waals surface area contributed by atoms with E-state index in [-0.39, 0.29) is 11.8 Å². The van der Waals surface area contributed by atoms with Crippen LogP contribution in [0.25, 0.3) is 0 Å². The third-order valence-corrected chi connectivity index (χ3v) is 2.84. The maximum atomic E-state index is 11.2. The number of nitrogens with one attached hydrogen (secondary N) is 1. The lowest BCUT2D eigenvalue weighted by atomic mass is 10.1. The first kappa shape index (κ1) is 8.05. The van der Waals surface area contributed by atoms with Gasteiger partial charge in [-0.25, -0.2) is 0 Å². The van der Waals surface area contributed by atoms with Crippen molar-refractivity contribution in [1.29, 1.82) is 0 Å². The van der Waals surface area contributed by atoms with Gasteiger partial charge >= 0.3 is 0 Å². The van der Waals surface area contributed by atoms with Gasteiger partial charge in [-0.15, -0.1) is 0 Å². The van der Waals surface area contributed by atoms with Crippen molar-refractivity contribution in [3.8, 4) is 0 Å². The van der Waals surface area contributed by atoms with E-state index in [1.807, 2.05) is 0 Å². The highest BCUT2D eigenvalue weighted by Crippen LogP contribution is 2.15. The van der Waals surface area contributed by atoms with Gasteiger partial charge in [-0.1, -0.05) is 0 Å². The Morgan fingerprint density at radius 1 is 1.42 bits per heavy atom. The molecule has 0 saturated carbocycles. The molecule has 1 amide bonds. The quantitative estimate of drug-likeness (QED) is 0.639. The van der Waals surface area contributed by atoms with E-state index in [9.17, 15) is 4.79 Å². The molecule has 1 atom stereocenters. The van der Waals surface area contributed by atoms with E-state index in [4.69, 9.17) is 0 Å². The molecule has 3 nitrogen and oxygen atoms in total. The lowest BCUT2D eigenvalue weighted by Crippen LogP contribution is -2.31. The van der Waals surface area contributed by atoms with Crippen LogP contribution < -0.4 is 5.32 Å². The number of likely N-dealkylation sites (tertiary alicyclic amines) is 1. The maximum Gasteiger partial charge on any atom is 0.224 e. The first-order chi connectivity index (χ1) is 5.86. The van der Waals surface area contributed by atoms with E-state index in [1.54, 1.807) is 0 Å². The third kappa shape index (κ3) is 1.61. The van der Waals surface area contributed by atoms with Gasteiger partial charge in [0.05, 0.1) is 5.92 Å². The predicted molar refractivity (Wildman–Crippen MR) is 46.8 cm³/mol. The largest absolute Gasteiger partial charge is 0.356 e. The summed E-state index contributed by atoms with van der Waals surface area (Å²) in [5, 5.41) is 2.88. The van der Waals surface area contributed by atoms with Crippen molar-refractivity contribution in [2.24, 2.45) is 5.92 Å². The fourth-order valence-electron chi connectivity index (χ4n) is 2.10. The van der Waals surface area contributed by atoms with Gasteiger partial charge in [0, 0.05) is 13.1 Å². The molecule has 2 aliphatic heterocycles. The number of amides is 1. The molecule has 2 fully saturated rings. The summed E-state index contributed by atoms with van der Waals surface area (Å²) in [6, 6.07) is 0. The normalized spacial score (nSPS) is 31.0. The lowest BCUT2D eigenvalue weighted by molar-refractivity contribution is -0.122. The van der Waals surface area contributed by atoms with Crippen molar-refractivity contribution >= 4 is 5.91 Å². The smallest absolute Gasteiger partial charge is 0.224 e. The molecule has 3 heteroatoms. The van der Waals surface area contributed by atoms with Crippen LogP contribution in [0.5, 0.6) is 0 Å². The monoisotopic (exact) mass is 168 g/mol. The zero-order chi connectivity index (χ0) is 8.39. The van der Waals surface area contributed by atoms with Crippen LogP contribution in [0.1, 0.15) is 19.3 Å². The Morgan fingerprint density at radius 3 is 2.75 bits per heavy atom. The lowest BCUT2D eigenvalue weighted by Gasteiger charge is -2.17. The number of hydrogen-bond acceptors (Lipinski definition) is 2. The molecule has 0 bridgehead atoms. The van der Waals surface area contributed by atoms with Gasteiger partial charge in [0.2, 0.25) is 5.91 Å². The average Bonchev–Trinajstić information content (AvgIpc) is 2.65. The minimum Gasteiger partial charge on any atom is -0.356 e. The van der Waals surface area contributed by atoms with E-state index >= 15 is 0 Å². The summed E-state index contributed by atoms with van der Waals surface area (Å²) in [5.41, 5.74) is 0. The van der Waals surface area contributed by atoms with Crippen molar-refractivity contribution in [2.45, 2.75) is 19.3 Å². The minimum absolute atomic E-state index is 0.266. The summed E-state index contributed by atoms with van der Waals surface area (Å²) in [6.07, 6.45) is 3.66. The standard InChI is InChI=1S/C9H16N2O/c12-9-8(3-4-10-9)7-11-5-1-2-6-11/h8H,1-7H2,(H,10,12). The van der Waals surface area contributed by atoms with Gasteiger partial charge in [0.1, 0.15) is 0 Å². The molecule has 2 aliphatic rings. The summed E-state index contributed by atoms with van der Waals surface area (Å²) in [5.74, 6) is 0.546. The summed E-state index contributed by atoms with van der Waals surface area (Å²) in [6.45, 7) is 4.27. The van der Waals surface area contributed by atoms with Crippen LogP contribution in [0.15, 0.2) is 0 Å². The van der Waals surface area contributed by atoms with E-state index < -0.39 is 0 Å². The molecule has 0 aromatic carbocycles. The molecule has 1 N–H and O–H groups in total. The molecule has 1 unspecified atom stereocenters. The van der Waals surface area contributed by atoms with E-state index in [2.05, 4.69) is 10.2 Å². The molecule has 12 heavy (non-hydrogen) atoms. The first-order valence-electron chi connectivity index (χ1n) is 4.86. The highest BCUT2D eigenvalue weighted by Gasteiger charge is 2.26. The zero-order valence-electron chi connectivity index (χ0n) is 7.38. The Hall–Kier alpha value is -0.570. The van der Waals surface area contributed by atoms with Crippen molar-refractivity contribution < 1.29 is 4.79 Å².